The molecule has 10 heteroatoms. The summed E-state index contributed by atoms with van der Waals surface area (Å²) in [5.41, 5.74) is 13.0. The number of aliphatic hydroxyl groups is 1. The molecule has 3 aromatic rings. The average molecular weight is 412 g/mol. The van der Waals surface area contributed by atoms with E-state index >= 15 is 0 Å². The molecule has 0 saturated heterocycles. The standard InChI is InChI=1S/C20H18F2N6O2/c1-8-3-4-13(29)9(2)17(8)28-18(23)14(19(24)30)16-20(28)26-7-12(27-16)15-11(22)5-10(21)6-25-15/h4-8,29H,3,23H2,1-2H3,(H2,24,30)/t8-/m1/s1. The Balaban J connectivity index is 2.03. The van der Waals surface area contributed by atoms with E-state index in [1.165, 1.54) is 10.8 Å². The lowest BCUT2D eigenvalue weighted by Gasteiger charge is -2.24. The van der Waals surface area contributed by atoms with Crippen LogP contribution in [-0.4, -0.2) is 30.5 Å². The molecule has 3 aromatic heterocycles. The second-order valence-electron chi connectivity index (χ2n) is 7.11. The molecule has 4 rings (SSSR count). The lowest BCUT2D eigenvalue weighted by Crippen LogP contribution is -2.17. The molecule has 0 unspecified atom stereocenters. The molecule has 0 spiro atoms. The number of nitrogen functional groups attached to an aromatic ring is 1. The van der Waals surface area contributed by atoms with Gasteiger partial charge in [-0.25, -0.2) is 23.7 Å². The molecule has 0 aromatic carbocycles. The quantitative estimate of drug-likeness (QED) is 0.605. The summed E-state index contributed by atoms with van der Waals surface area (Å²) in [5, 5.41) is 10.2. The third-order valence-electron chi connectivity index (χ3n) is 5.14. The first-order chi connectivity index (χ1) is 14.2. The van der Waals surface area contributed by atoms with Crippen molar-refractivity contribution in [3.05, 3.63) is 53.1 Å². The van der Waals surface area contributed by atoms with Crippen molar-refractivity contribution < 1.29 is 18.7 Å². The van der Waals surface area contributed by atoms with Crippen molar-refractivity contribution in [3.63, 3.8) is 0 Å². The Kier molecular flexibility index (Phi) is 4.49. The molecule has 0 radical (unpaired) electrons. The Morgan fingerprint density at radius 1 is 1.30 bits per heavy atom. The minimum absolute atomic E-state index is 0.00946. The van der Waals surface area contributed by atoms with Gasteiger partial charge in [-0.3, -0.25) is 9.36 Å². The molecule has 0 bridgehead atoms. The predicted molar refractivity (Wildman–Crippen MR) is 107 cm³/mol. The highest BCUT2D eigenvalue weighted by atomic mass is 19.1. The second kappa shape index (κ2) is 6.90. The first-order valence-corrected chi connectivity index (χ1v) is 9.09. The van der Waals surface area contributed by atoms with Gasteiger partial charge in [0.1, 0.15) is 39.9 Å². The normalized spacial score (nSPS) is 16.8. The van der Waals surface area contributed by atoms with E-state index in [9.17, 15) is 18.7 Å². The summed E-state index contributed by atoms with van der Waals surface area (Å²) in [6.07, 6.45) is 4.37. The Bertz CT molecular complexity index is 1280. The number of nitrogens with zero attached hydrogens (tertiary/aromatic N) is 4. The van der Waals surface area contributed by atoms with Gasteiger partial charge in [0, 0.05) is 23.3 Å². The maximum atomic E-state index is 14.2. The predicted octanol–water partition coefficient (Wildman–Crippen LogP) is 3.17. The summed E-state index contributed by atoms with van der Waals surface area (Å²) in [6, 6.07) is 0.676. The average Bonchev–Trinajstić information content (AvgIpc) is 2.96. The number of nitrogens with two attached hydrogens (primary N) is 2. The molecule has 8 nitrogen and oxygen atoms in total. The van der Waals surface area contributed by atoms with Gasteiger partial charge in [-0.1, -0.05) is 6.92 Å². The van der Waals surface area contributed by atoms with E-state index in [1.807, 2.05) is 6.92 Å². The zero-order valence-corrected chi connectivity index (χ0v) is 16.1. The molecule has 0 saturated carbocycles. The lowest BCUT2D eigenvalue weighted by molar-refractivity contribution is 0.100. The first kappa shape index (κ1) is 19.5. The van der Waals surface area contributed by atoms with Gasteiger partial charge in [0.15, 0.2) is 11.5 Å². The summed E-state index contributed by atoms with van der Waals surface area (Å²) < 4.78 is 28.9. The SMILES string of the molecule is CC1=C(n2c(N)c(C(N)=O)c3nc(-c4ncc(F)cc4F)cnc32)[C@H](C)CC=C1O. The zero-order chi connectivity index (χ0) is 21.7. The van der Waals surface area contributed by atoms with E-state index < -0.39 is 17.5 Å². The highest BCUT2D eigenvalue weighted by molar-refractivity contribution is 6.10. The fourth-order valence-corrected chi connectivity index (χ4v) is 3.71. The van der Waals surface area contributed by atoms with Crippen molar-refractivity contribution >= 4 is 28.6 Å². The number of anilines is 1. The van der Waals surface area contributed by atoms with Gasteiger partial charge in [-0.05, 0) is 19.4 Å². The molecule has 1 aliphatic rings. The highest BCUT2D eigenvalue weighted by Crippen LogP contribution is 2.38. The van der Waals surface area contributed by atoms with Crippen LogP contribution in [0.3, 0.4) is 0 Å². The Morgan fingerprint density at radius 3 is 2.70 bits per heavy atom. The van der Waals surface area contributed by atoms with Crippen LogP contribution < -0.4 is 11.5 Å². The summed E-state index contributed by atoms with van der Waals surface area (Å²) in [6.45, 7) is 3.67. The molecule has 30 heavy (non-hydrogen) atoms. The van der Waals surface area contributed by atoms with Crippen molar-refractivity contribution in [2.75, 3.05) is 5.73 Å². The van der Waals surface area contributed by atoms with Crippen LogP contribution in [0.1, 0.15) is 30.6 Å². The lowest BCUT2D eigenvalue weighted by atomic mass is 9.93. The number of amides is 1. The van der Waals surface area contributed by atoms with Crippen LogP contribution in [0, 0.1) is 17.6 Å². The van der Waals surface area contributed by atoms with Crippen molar-refractivity contribution in [1.82, 2.24) is 19.5 Å². The minimum atomic E-state index is -0.925. The van der Waals surface area contributed by atoms with Gasteiger partial charge in [-0.15, -0.1) is 0 Å². The molecule has 1 amide bonds. The highest BCUT2D eigenvalue weighted by Gasteiger charge is 2.29. The number of pyridine rings is 1. The van der Waals surface area contributed by atoms with Gasteiger partial charge >= 0.3 is 0 Å². The Hall–Kier alpha value is -3.82. The third kappa shape index (κ3) is 2.88. The number of aliphatic hydroxyl groups excluding tert-OH is 1. The molecule has 3 heterocycles. The Morgan fingerprint density at radius 2 is 2.03 bits per heavy atom. The van der Waals surface area contributed by atoms with Crippen LogP contribution in [0.25, 0.3) is 28.2 Å². The van der Waals surface area contributed by atoms with E-state index in [1.54, 1.807) is 13.0 Å². The smallest absolute Gasteiger partial charge is 0.254 e. The number of carbonyl (C=O) groups excluding carboxylic acids is 1. The van der Waals surface area contributed by atoms with Crippen LogP contribution in [0.2, 0.25) is 0 Å². The van der Waals surface area contributed by atoms with Crippen LogP contribution in [0.5, 0.6) is 0 Å². The molecular weight excluding hydrogens is 394 g/mol. The molecule has 1 atom stereocenters. The third-order valence-corrected chi connectivity index (χ3v) is 5.14. The maximum absolute atomic E-state index is 14.2. The first-order valence-electron chi connectivity index (χ1n) is 9.09. The number of halogens is 2. The number of carbonyl (C=O) groups is 1. The topological polar surface area (TPSA) is 133 Å². The molecular formula is C20H18F2N6O2. The van der Waals surface area contributed by atoms with Crippen LogP contribution in [-0.2, 0) is 0 Å². The number of aromatic nitrogens is 4. The molecule has 154 valence electrons. The van der Waals surface area contributed by atoms with E-state index in [0.29, 0.717) is 23.8 Å². The van der Waals surface area contributed by atoms with Crippen molar-refractivity contribution in [3.8, 4) is 11.4 Å². The number of hydrogen-bond acceptors (Lipinski definition) is 6. The molecule has 5 N–H and O–H groups in total. The Labute approximate surface area is 169 Å². The molecule has 1 aliphatic carbocycles. The van der Waals surface area contributed by atoms with Crippen LogP contribution >= 0.6 is 0 Å². The fourth-order valence-electron chi connectivity index (χ4n) is 3.71. The number of hydrogen-bond donors (Lipinski definition) is 3. The number of primary amides is 1. The summed E-state index contributed by atoms with van der Waals surface area (Å²) in [7, 11) is 0. The van der Waals surface area contributed by atoms with E-state index in [-0.39, 0.29) is 45.6 Å². The number of rotatable bonds is 3. The zero-order valence-electron chi connectivity index (χ0n) is 16.1. The largest absolute Gasteiger partial charge is 0.508 e. The van der Waals surface area contributed by atoms with Gasteiger partial charge in [0.05, 0.1) is 12.4 Å². The van der Waals surface area contributed by atoms with Gasteiger partial charge in [0.25, 0.3) is 5.91 Å². The van der Waals surface area contributed by atoms with Crippen LogP contribution in [0.4, 0.5) is 14.6 Å². The molecule has 0 aliphatic heterocycles. The van der Waals surface area contributed by atoms with E-state index in [0.717, 1.165) is 6.20 Å². The van der Waals surface area contributed by atoms with Gasteiger partial charge in [-0.2, -0.15) is 0 Å². The van der Waals surface area contributed by atoms with Crippen molar-refractivity contribution in [1.29, 1.82) is 0 Å². The summed E-state index contributed by atoms with van der Waals surface area (Å²) in [5.74, 6) is -2.52. The molecule has 0 fully saturated rings. The fraction of sp³-hybridized carbons (Fsp3) is 0.200. The summed E-state index contributed by atoms with van der Waals surface area (Å²) >= 11 is 0. The minimum Gasteiger partial charge on any atom is -0.508 e. The number of allylic oxidation sites excluding steroid dienone is 3. The van der Waals surface area contributed by atoms with Gasteiger partial charge < -0.3 is 16.6 Å². The monoisotopic (exact) mass is 412 g/mol. The summed E-state index contributed by atoms with van der Waals surface area (Å²) in [4.78, 5) is 24.5. The van der Waals surface area contributed by atoms with Gasteiger partial charge in [0.2, 0.25) is 0 Å². The van der Waals surface area contributed by atoms with Crippen molar-refractivity contribution in [2.45, 2.75) is 20.3 Å². The van der Waals surface area contributed by atoms with Crippen molar-refractivity contribution in [2.24, 2.45) is 11.7 Å². The second-order valence-corrected chi connectivity index (χ2v) is 7.11. The maximum Gasteiger partial charge on any atom is 0.254 e. The van der Waals surface area contributed by atoms with E-state index in [4.69, 9.17) is 11.5 Å². The number of fused-ring (bicyclic) bond motifs is 1. The van der Waals surface area contributed by atoms with E-state index in [2.05, 4.69) is 15.0 Å². The van der Waals surface area contributed by atoms with Crippen LogP contribution in [0.15, 0.2) is 35.9 Å².